The van der Waals surface area contributed by atoms with Gasteiger partial charge in [-0.25, -0.2) is 0 Å². The summed E-state index contributed by atoms with van der Waals surface area (Å²) in [5.74, 6) is 0.570. The Labute approximate surface area is 152 Å². The van der Waals surface area contributed by atoms with Gasteiger partial charge in [0.1, 0.15) is 0 Å². The molecule has 23 heavy (non-hydrogen) atoms. The lowest BCUT2D eigenvalue weighted by atomic mass is 10.1. The molecular weight excluding hydrogens is 333 g/mol. The number of hydrogen-bond donors (Lipinski definition) is 2. The summed E-state index contributed by atoms with van der Waals surface area (Å²) in [5, 5.41) is 3.06. The van der Waals surface area contributed by atoms with E-state index in [2.05, 4.69) is 24.1 Å². The first-order valence-electron chi connectivity index (χ1n) is 8.05. The zero-order valence-electron chi connectivity index (χ0n) is 14.0. The average Bonchev–Trinajstić information content (AvgIpc) is 3.35. The zero-order valence-corrected chi connectivity index (χ0v) is 15.6. The van der Waals surface area contributed by atoms with Gasteiger partial charge < -0.3 is 16.0 Å². The highest BCUT2D eigenvalue weighted by Crippen LogP contribution is 2.32. The van der Waals surface area contributed by atoms with Crippen LogP contribution in [0.1, 0.15) is 43.5 Å². The molecule has 0 aromatic heterocycles. The molecule has 1 amide bonds. The molecule has 0 bridgehead atoms. The number of carbonyl (C=O) groups excluding carboxylic acids is 1. The number of hydrogen-bond acceptors (Lipinski definition) is 3. The van der Waals surface area contributed by atoms with Gasteiger partial charge in [0, 0.05) is 36.9 Å². The number of halogens is 2. The maximum absolute atomic E-state index is 12.2. The molecule has 1 aromatic carbocycles. The van der Waals surface area contributed by atoms with Crippen molar-refractivity contribution in [2.24, 2.45) is 11.7 Å². The van der Waals surface area contributed by atoms with E-state index in [0.29, 0.717) is 18.0 Å². The zero-order chi connectivity index (χ0) is 15.2. The Kier molecular flexibility index (Phi) is 10.3. The molecule has 0 heterocycles. The van der Waals surface area contributed by atoms with Crippen molar-refractivity contribution in [2.45, 2.75) is 39.2 Å². The molecule has 6 heteroatoms. The molecule has 4 nitrogen and oxygen atoms in total. The van der Waals surface area contributed by atoms with Gasteiger partial charge in [0.05, 0.1) is 0 Å². The van der Waals surface area contributed by atoms with Gasteiger partial charge in [-0.3, -0.25) is 4.79 Å². The van der Waals surface area contributed by atoms with Gasteiger partial charge in [0.15, 0.2) is 0 Å². The number of rotatable bonds is 8. The van der Waals surface area contributed by atoms with E-state index < -0.39 is 0 Å². The highest BCUT2D eigenvalue weighted by Gasteiger charge is 2.31. The second-order valence-electron chi connectivity index (χ2n) is 5.78. The van der Waals surface area contributed by atoms with E-state index in [1.54, 1.807) is 0 Å². The second-order valence-corrected chi connectivity index (χ2v) is 5.78. The van der Waals surface area contributed by atoms with Crippen LogP contribution in [0.15, 0.2) is 24.3 Å². The summed E-state index contributed by atoms with van der Waals surface area (Å²) in [7, 11) is 0. The van der Waals surface area contributed by atoms with Gasteiger partial charge in [-0.2, -0.15) is 0 Å². The van der Waals surface area contributed by atoms with E-state index in [4.69, 9.17) is 5.73 Å². The molecule has 0 saturated heterocycles. The molecule has 3 N–H and O–H groups in total. The van der Waals surface area contributed by atoms with Crippen LogP contribution >= 0.6 is 24.8 Å². The topological polar surface area (TPSA) is 58.4 Å². The third-order valence-electron chi connectivity index (χ3n) is 4.13. The minimum atomic E-state index is -0.0116. The van der Waals surface area contributed by atoms with Crippen LogP contribution in [0.3, 0.4) is 0 Å². The fourth-order valence-corrected chi connectivity index (χ4v) is 2.68. The second kappa shape index (κ2) is 10.7. The summed E-state index contributed by atoms with van der Waals surface area (Å²) >= 11 is 0. The monoisotopic (exact) mass is 361 g/mol. The average molecular weight is 362 g/mol. The first kappa shape index (κ1) is 22.0. The van der Waals surface area contributed by atoms with Crippen molar-refractivity contribution in [1.82, 2.24) is 5.32 Å². The predicted molar refractivity (Wildman–Crippen MR) is 102 cm³/mol. The Morgan fingerprint density at radius 1 is 1.26 bits per heavy atom. The van der Waals surface area contributed by atoms with Gasteiger partial charge >= 0.3 is 0 Å². The van der Waals surface area contributed by atoms with Gasteiger partial charge in [-0.15, -0.1) is 24.8 Å². The van der Waals surface area contributed by atoms with Crippen molar-refractivity contribution in [3.05, 3.63) is 29.8 Å². The van der Waals surface area contributed by atoms with E-state index in [-0.39, 0.29) is 36.8 Å². The number of amides is 1. The third-order valence-corrected chi connectivity index (χ3v) is 4.13. The van der Waals surface area contributed by atoms with E-state index in [1.165, 1.54) is 18.5 Å². The summed E-state index contributed by atoms with van der Waals surface area (Å²) in [5.41, 5.74) is 7.62. The summed E-state index contributed by atoms with van der Waals surface area (Å²) in [6.07, 6.45) is 3.49. The number of nitrogens with zero attached hydrogens (tertiary/aromatic N) is 1. The first-order chi connectivity index (χ1) is 10.2. The Morgan fingerprint density at radius 3 is 2.30 bits per heavy atom. The Morgan fingerprint density at radius 2 is 1.87 bits per heavy atom. The summed E-state index contributed by atoms with van der Waals surface area (Å²) in [6.45, 7) is 6.87. The third kappa shape index (κ3) is 6.21. The highest BCUT2D eigenvalue weighted by molar-refractivity contribution is 5.94. The minimum Gasteiger partial charge on any atom is -0.372 e. The maximum atomic E-state index is 12.2. The van der Waals surface area contributed by atoms with E-state index >= 15 is 0 Å². The Balaban J connectivity index is 0.00000242. The van der Waals surface area contributed by atoms with Crippen molar-refractivity contribution in [2.75, 3.05) is 24.5 Å². The molecule has 1 unspecified atom stereocenters. The molecule has 1 atom stereocenters. The van der Waals surface area contributed by atoms with Crippen molar-refractivity contribution in [3.63, 3.8) is 0 Å². The normalized spacial score (nSPS) is 14.2. The number of nitrogens with two attached hydrogens (primary N) is 1. The van der Waals surface area contributed by atoms with E-state index in [1.807, 2.05) is 24.3 Å². The molecule has 0 aliphatic heterocycles. The van der Waals surface area contributed by atoms with Crippen LogP contribution in [0.4, 0.5) is 5.69 Å². The smallest absolute Gasteiger partial charge is 0.251 e. The Bertz CT molecular complexity index is 463. The van der Waals surface area contributed by atoms with Crippen molar-refractivity contribution in [1.29, 1.82) is 0 Å². The summed E-state index contributed by atoms with van der Waals surface area (Å²) in [6, 6.07) is 8.00. The maximum Gasteiger partial charge on any atom is 0.251 e. The highest BCUT2D eigenvalue weighted by atomic mass is 35.5. The molecule has 0 radical (unpaired) electrons. The molecular formula is C17H29Cl2N3O. The van der Waals surface area contributed by atoms with Crippen LogP contribution in [-0.4, -0.2) is 31.6 Å². The van der Waals surface area contributed by atoms with Gasteiger partial charge in [0.2, 0.25) is 0 Å². The van der Waals surface area contributed by atoms with Crippen LogP contribution in [0.2, 0.25) is 0 Å². The first-order valence-corrected chi connectivity index (χ1v) is 8.05. The van der Waals surface area contributed by atoms with Gasteiger partial charge in [-0.1, -0.05) is 6.92 Å². The summed E-state index contributed by atoms with van der Waals surface area (Å²) in [4.78, 5) is 14.6. The quantitative estimate of drug-likeness (QED) is 0.747. The van der Waals surface area contributed by atoms with Crippen molar-refractivity contribution in [3.8, 4) is 0 Å². The van der Waals surface area contributed by atoms with Crippen molar-refractivity contribution < 1.29 is 4.79 Å². The molecule has 1 aromatic rings. The fraction of sp³-hybridized carbons (Fsp3) is 0.588. The van der Waals surface area contributed by atoms with Crippen LogP contribution < -0.4 is 16.0 Å². The minimum absolute atomic E-state index is 0. The number of carbonyl (C=O) groups is 1. The molecule has 0 spiro atoms. The van der Waals surface area contributed by atoms with Crippen molar-refractivity contribution >= 4 is 36.4 Å². The fourth-order valence-electron chi connectivity index (χ4n) is 2.68. The number of benzene rings is 1. The number of anilines is 1. The lowest BCUT2D eigenvalue weighted by Crippen LogP contribution is -2.41. The number of nitrogens with one attached hydrogen (secondary N) is 1. The SMILES string of the molecule is CCCN(CC)c1ccc(C(=O)NC(CN)C2CC2)cc1.Cl.Cl. The molecule has 1 aliphatic rings. The molecule has 132 valence electrons. The van der Waals surface area contributed by atoms with Gasteiger partial charge in [0.25, 0.3) is 5.91 Å². The van der Waals surface area contributed by atoms with Crippen LogP contribution in [0.5, 0.6) is 0 Å². The van der Waals surface area contributed by atoms with E-state index in [9.17, 15) is 4.79 Å². The summed E-state index contributed by atoms with van der Waals surface area (Å²) < 4.78 is 0. The largest absolute Gasteiger partial charge is 0.372 e. The van der Waals surface area contributed by atoms with Gasteiger partial charge in [-0.05, 0) is 56.4 Å². The lowest BCUT2D eigenvalue weighted by Gasteiger charge is -2.22. The lowest BCUT2D eigenvalue weighted by molar-refractivity contribution is 0.0933. The molecule has 1 aliphatic carbocycles. The molecule has 2 rings (SSSR count). The predicted octanol–water partition coefficient (Wildman–Crippen LogP) is 3.23. The van der Waals surface area contributed by atoms with Crippen LogP contribution in [0.25, 0.3) is 0 Å². The van der Waals surface area contributed by atoms with Crippen LogP contribution in [-0.2, 0) is 0 Å². The van der Waals surface area contributed by atoms with E-state index in [0.717, 1.165) is 19.5 Å². The standard InChI is InChI=1S/C17H27N3O.2ClH/c1-3-11-20(4-2)15-9-7-14(8-10-15)17(21)19-16(12-18)13-5-6-13;;/h7-10,13,16H,3-6,11-12,18H2,1-2H3,(H,19,21);2*1H. The molecule has 1 saturated carbocycles. The Hall–Kier alpha value is -0.970. The van der Waals surface area contributed by atoms with Crippen LogP contribution in [0, 0.1) is 5.92 Å². The molecule has 1 fully saturated rings.